The number of hydrogen-bond acceptors (Lipinski definition) is 3. The molecular formula is C12H18BrN3O2. The Bertz CT molecular complexity index is 450. The number of hydrogen-bond donors (Lipinski definition) is 1. The molecule has 0 aliphatic heterocycles. The monoisotopic (exact) mass is 315 g/mol. The number of halogens is 1. The molecule has 1 saturated carbocycles. The van der Waals surface area contributed by atoms with Gasteiger partial charge in [-0.05, 0) is 40.6 Å². The summed E-state index contributed by atoms with van der Waals surface area (Å²) in [6.45, 7) is 4.38. The van der Waals surface area contributed by atoms with Crippen LogP contribution >= 0.6 is 15.9 Å². The average molecular weight is 316 g/mol. The number of carbonyl (C=O) groups is 1. The van der Waals surface area contributed by atoms with Crippen LogP contribution in [0.15, 0.2) is 4.60 Å². The van der Waals surface area contributed by atoms with E-state index in [0.29, 0.717) is 11.0 Å². The molecule has 2 rings (SSSR count). The lowest BCUT2D eigenvalue weighted by Gasteiger charge is -2.38. The molecule has 0 radical (unpaired) electrons. The lowest BCUT2D eigenvalue weighted by molar-refractivity contribution is -0.144. The lowest BCUT2D eigenvalue weighted by atomic mass is 9.66. The van der Waals surface area contributed by atoms with Gasteiger partial charge in [0.25, 0.3) is 0 Å². The molecule has 1 aromatic rings. The van der Waals surface area contributed by atoms with E-state index >= 15 is 0 Å². The van der Waals surface area contributed by atoms with Gasteiger partial charge in [0.05, 0.1) is 11.6 Å². The predicted octanol–water partition coefficient (Wildman–Crippen LogP) is 2.57. The summed E-state index contributed by atoms with van der Waals surface area (Å²) >= 11 is 3.38. The van der Waals surface area contributed by atoms with Crippen molar-refractivity contribution in [2.45, 2.75) is 39.0 Å². The smallest absolute Gasteiger partial charge is 0.307 e. The Morgan fingerprint density at radius 3 is 2.72 bits per heavy atom. The van der Waals surface area contributed by atoms with Crippen molar-refractivity contribution in [3.8, 4) is 0 Å². The highest BCUT2D eigenvalue weighted by Crippen LogP contribution is 2.47. The summed E-state index contributed by atoms with van der Waals surface area (Å²) < 4.78 is 2.35. The molecule has 0 aromatic carbocycles. The normalized spacial score (nSPS) is 27.1. The van der Waals surface area contributed by atoms with E-state index in [4.69, 9.17) is 0 Å². The highest BCUT2D eigenvalue weighted by molar-refractivity contribution is 9.10. The minimum Gasteiger partial charge on any atom is -0.481 e. The molecule has 1 N–H and O–H groups in total. The molecule has 0 amide bonds. The standard InChI is InChI=1S/C12H18BrN3O2/c1-12(2)5-4-7(11(17)18)8(6-12)9-10(13)14-15-16(9)3/h7-8H,4-6H2,1-3H3,(H,17,18). The van der Waals surface area contributed by atoms with Crippen molar-refractivity contribution in [3.63, 3.8) is 0 Å². The van der Waals surface area contributed by atoms with Gasteiger partial charge in [-0.3, -0.25) is 9.48 Å². The van der Waals surface area contributed by atoms with E-state index in [9.17, 15) is 9.90 Å². The topological polar surface area (TPSA) is 68.0 Å². The van der Waals surface area contributed by atoms with Gasteiger partial charge in [-0.1, -0.05) is 19.1 Å². The molecule has 0 spiro atoms. The van der Waals surface area contributed by atoms with E-state index in [1.54, 1.807) is 4.68 Å². The van der Waals surface area contributed by atoms with Crippen LogP contribution in [-0.2, 0) is 11.8 Å². The number of nitrogens with zero attached hydrogens (tertiary/aromatic N) is 3. The van der Waals surface area contributed by atoms with Gasteiger partial charge >= 0.3 is 5.97 Å². The van der Waals surface area contributed by atoms with E-state index in [2.05, 4.69) is 40.1 Å². The van der Waals surface area contributed by atoms with Gasteiger partial charge in [-0.15, -0.1) is 5.10 Å². The number of carboxylic acids is 1. The molecular weight excluding hydrogens is 298 g/mol. The van der Waals surface area contributed by atoms with E-state index in [-0.39, 0.29) is 17.3 Å². The molecule has 0 saturated heterocycles. The van der Waals surface area contributed by atoms with E-state index in [1.165, 1.54) is 0 Å². The molecule has 18 heavy (non-hydrogen) atoms. The number of aliphatic carboxylic acids is 1. The van der Waals surface area contributed by atoms with Crippen molar-refractivity contribution in [3.05, 3.63) is 10.3 Å². The number of aromatic nitrogens is 3. The summed E-state index contributed by atoms with van der Waals surface area (Å²) in [7, 11) is 1.81. The summed E-state index contributed by atoms with van der Waals surface area (Å²) in [6.07, 6.45) is 2.51. The fourth-order valence-electron chi connectivity index (χ4n) is 2.90. The highest BCUT2D eigenvalue weighted by Gasteiger charge is 2.41. The van der Waals surface area contributed by atoms with Crippen molar-refractivity contribution in [2.75, 3.05) is 0 Å². The maximum Gasteiger partial charge on any atom is 0.307 e. The summed E-state index contributed by atoms with van der Waals surface area (Å²) in [5.41, 5.74) is 1.07. The maximum atomic E-state index is 11.4. The second-order valence-electron chi connectivity index (χ2n) is 5.85. The zero-order valence-corrected chi connectivity index (χ0v) is 12.4. The van der Waals surface area contributed by atoms with Gasteiger partial charge in [-0.2, -0.15) is 0 Å². The lowest BCUT2D eigenvalue weighted by Crippen LogP contribution is -2.34. The molecule has 0 bridgehead atoms. The van der Waals surface area contributed by atoms with Crippen LogP contribution < -0.4 is 0 Å². The first-order chi connectivity index (χ1) is 8.32. The molecule has 6 heteroatoms. The fraction of sp³-hybridized carbons (Fsp3) is 0.750. The van der Waals surface area contributed by atoms with Crippen LogP contribution in [0.5, 0.6) is 0 Å². The van der Waals surface area contributed by atoms with E-state index in [0.717, 1.165) is 18.5 Å². The van der Waals surface area contributed by atoms with Crippen molar-refractivity contribution in [1.82, 2.24) is 15.0 Å². The highest BCUT2D eigenvalue weighted by atomic mass is 79.9. The van der Waals surface area contributed by atoms with Crippen molar-refractivity contribution >= 4 is 21.9 Å². The largest absolute Gasteiger partial charge is 0.481 e. The molecule has 5 nitrogen and oxygen atoms in total. The Labute approximate surface area is 115 Å². The van der Waals surface area contributed by atoms with Crippen LogP contribution in [0.2, 0.25) is 0 Å². The van der Waals surface area contributed by atoms with Crippen molar-refractivity contribution < 1.29 is 9.90 Å². The Balaban J connectivity index is 2.39. The molecule has 2 unspecified atom stereocenters. The fourth-order valence-corrected chi connectivity index (χ4v) is 3.52. The van der Waals surface area contributed by atoms with Crippen LogP contribution in [0.1, 0.15) is 44.7 Å². The van der Waals surface area contributed by atoms with Gasteiger partial charge in [0.15, 0.2) is 4.60 Å². The van der Waals surface area contributed by atoms with Crippen LogP contribution in [-0.4, -0.2) is 26.1 Å². The summed E-state index contributed by atoms with van der Waals surface area (Å²) in [5, 5.41) is 17.3. The molecule has 1 aliphatic carbocycles. The first-order valence-electron chi connectivity index (χ1n) is 6.10. The zero-order chi connectivity index (χ0) is 13.5. The number of rotatable bonds is 2. The first-order valence-corrected chi connectivity index (χ1v) is 6.89. The molecule has 100 valence electrons. The first kappa shape index (κ1) is 13.5. The van der Waals surface area contributed by atoms with Gasteiger partial charge in [0.2, 0.25) is 0 Å². The Morgan fingerprint density at radius 1 is 1.56 bits per heavy atom. The van der Waals surface area contributed by atoms with Gasteiger partial charge in [0, 0.05) is 13.0 Å². The molecule has 1 heterocycles. The summed E-state index contributed by atoms with van der Waals surface area (Å²) in [6, 6.07) is 0. The molecule has 1 fully saturated rings. The average Bonchev–Trinajstić information content (AvgIpc) is 2.56. The third-order valence-electron chi connectivity index (χ3n) is 3.89. The molecule has 2 atom stereocenters. The summed E-state index contributed by atoms with van der Waals surface area (Å²) in [5.74, 6) is -1.09. The number of carboxylic acid groups (broad SMARTS) is 1. The van der Waals surface area contributed by atoms with Gasteiger partial charge in [0.1, 0.15) is 0 Å². The second kappa shape index (κ2) is 4.64. The van der Waals surface area contributed by atoms with Crippen molar-refractivity contribution in [2.24, 2.45) is 18.4 Å². The Hall–Kier alpha value is -0.910. The van der Waals surface area contributed by atoms with Crippen LogP contribution in [0.4, 0.5) is 0 Å². The van der Waals surface area contributed by atoms with Crippen LogP contribution in [0, 0.1) is 11.3 Å². The minimum atomic E-state index is -0.719. The van der Waals surface area contributed by atoms with Crippen LogP contribution in [0.25, 0.3) is 0 Å². The quantitative estimate of drug-likeness (QED) is 0.910. The second-order valence-corrected chi connectivity index (χ2v) is 6.60. The minimum absolute atomic E-state index is 0.0272. The zero-order valence-electron chi connectivity index (χ0n) is 10.9. The van der Waals surface area contributed by atoms with E-state index in [1.807, 2.05) is 7.05 Å². The van der Waals surface area contributed by atoms with E-state index < -0.39 is 5.97 Å². The summed E-state index contributed by atoms with van der Waals surface area (Å²) in [4.78, 5) is 11.4. The maximum absolute atomic E-state index is 11.4. The van der Waals surface area contributed by atoms with Gasteiger partial charge in [-0.25, -0.2) is 0 Å². The Kier molecular flexibility index (Phi) is 3.49. The number of aryl methyl sites for hydroxylation is 1. The molecule has 1 aromatic heterocycles. The third-order valence-corrected chi connectivity index (χ3v) is 4.45. The van der Waals surface area contributed by atoms with Gasteiger partial charge < -0.3 is 5.11 Å². The SMILES string of the molecule is Cn1nnc(Br)c1C1CC(C)(C)CCC1C(=O)O. The molecule has 1 aliphatic rings. The predicted molar refractivity (Wildman–Crippen MR) is 70.2 cm³/mol. The van der Waals surface area contributed by atoms with Crippen LogP contribution in [0.3, 0.4) is 0 Å². The third kappa shape index (κ3) is 2.43. The van der Waals surface area contributed by atoms with Crippen molar-refractivity contribution in [1.29, 1.82) is 0 Å². The Morgan fingerprint density at radius 2 is 2.22 bits per heavy atom.